The van der Waals surface area contributed by atoms with E-state index >= 15 is 0 Å². The lowest BCUT2D eigenvalue weighted by molar-refractivity contribution is 0.111. The molecular weight excluding hydrogens is 224 g/mol. The number of hydrogen-bond acceptors (Lipinski definition) is 2. The summed E-state index contributed by atoms with van der Waals surface area (Å²) in [7, 11) is 1.90. The summed E-state index contributed by atoms with van der Waals surface area (Å²) in [5.74, 6) is 0.337. The predicted molar refractivity (Wildman–Crippen MR) is 70.3 cm³/mol. The summed E-state index contributed by atoms with van der Waals surface area (Å²) < 4.78 is 1.78. The van der Waals surface area contributed by atoms with E-state index in [-0.39, 0.29) is 6.10 Å². The fraction of sp³-hybridized carbons (Fsp3) is 0.400. The minimum atomic E-state index is -0.299. The highest BCUT2D eigenvalue weighted by Crippen LogP contribution is 2.29. The standard InChI is InChI=1S/C15H18N2O/c1-17-7-6-14(16-17)10-15(18)13-8-11-4-2-3-5-12(11)9-13/h2-7,13,15,18H,8-10H2,1H3. The quantitative estimate of drug-likeness (QED) is 0.890. The number of aromatic nitrogens is 2. The van der Waals surface area contributed by atoms with Gasteiger partial charge in [0.25, 0.3) is 0 Å². The molecule has 18 heavy (non-hydrogen) atoms. The molecule has 1 aliphatic carbocycles. The van der Waals surface area contributed by atoms with Gasteiger partial charge >= 0.3 is 0 Å². The summed E-state index contributed by atoms with van der Waals surface area (Å²) in [6, 6.07) is 10.5. The number of benzene rings is 1. The molecule has 0 radical (unpaired) electrons. The second-order valence-electron chi connectivity index (χ2n) is 5.19. The Hall–Kier alpha value is -1.61. The van der Waals surface area contributed by atoms with Crippen molar-refractivity contribution in [3.63, 3.8) is 0 Å². The van der Waals surface area contributed by atoms with Crippen LogP contribution in [0.25, 0.3) is 0 Å². The maximum absolute atomic E-state index is 10.3. The molecule has 3 rings (SSSR count). The van der Waals surface area contributed by atoms with E-state index in [0.29, 0.717) is 12.3 Å². The first-order valence-electron chi connectivity index (χ1n) is 6.46. The van der Waals surface area contributed by atoms with Crippen LogP contribution in [0.15, 0.2) is 36.5 Å². The van der Waals surface area contributed by atoms with E-state index in [9.17, 15) is 5.11 Å². The Kier molecular flexibility index (Phi) is 2.92. The summed E-state index contributed by atoms with van der Waals surface area (Å²) in [5, 5.41) is 14.7. The molecule has 1 aliphatic rings. The third kappa shape index (κ3) is 2.18. The highest BCUT2D eigenvalue weighted by molar-refractivity contribution is 5.32. The average Bonchev–Trinajstić information content (AvgIpc) is 2.95. The highest BCUT2D eigenvalue weighted by Gasteiger charge is 2.27. The molecular formula is C15H18N2O. The highest BCUT2D eigenvalue weighted by atomic mass is 16.3. The zero-order valence-corrected chi connectivity index (χ0v) is 10.6. The first kappa shape index (κ1) is 11.5. The molecule has 0 bridgehead atoms. The smallest absolute Gasteiger partial charge is 0.0650 e. The average molecular weight is 242 g/mol. The molecule has 0 saturated carbocycles. The van der Waals surface area contributed by atoms with Crippen molar-refractivity contribution in [2.45, 2.75) is 25.4 Å². The molecule has 2 aromatic rings. The Morgan fingerprint density at radius 2 is 1.94 bits per heavy atom. The van der Waals surface area contributed by atoms with Crippen molar-refractivity contribution in [1.29, 1.82) is 0 Å². The van der Waals surface area contributed by atoms with E-state index in [2.05, 4.69) is 29.4 Å². The number of hydrogen-bond donors (Lipinski definition) is 1. The Morgan fingerprint density at radius 3 is 2.50 bits per heavy atom. The van der Waals surface area contributed by atoms with Gasteiger partial charge in [-0.1, -0.05) is 24.3 Å². The van der Waals surface area contributed by atoms with Crippen LogP contribution < -0.4 is 0 Å². The van der Waals surface area contributed by atoms with Crippen LogP contribution >= 0.6 is 0 Å². The molecule has 1 heterocycles. The Labute approximate surface area is 107 Å². The maximum Gasteiger partial charge on any atom is 0.0650 e. The van der Waals surface area contributed by atoms with Gasteiger partial charge in [0.1, 0.15) is 0 Å². The Morgan fingerprint density at radius 1 is 1.28 bits per heavy atom. The zero-order valence-electron chi connectivity index (χ0n) is 10.6. The molecule has 0 spiro atoms. The van der Waals surface area contributed by atoms with E-state index < -0.39 is 0 Å². The topological polar surface area (TPSA) is 38.0 Å². The molecule has 1 aromatic carbocycles. The molecule has 0 saturated heterocycles. The molecule has 1 N–H and O–H groups in total. The van der Waals surface area contributed by atoms with E-state index in [1.807, 2.05) is 19.3 Å². The first-order chi connectivity index (χ1) is 8.72. The van der Waals surface area contributed by atoms with Crippen molar-refractivity contribution < 1.29 is 5.11 Å². The van der Waals surface area contributed by atoms with E-state index in [1.165, 1.54) is 11.1 Å². The molecule has 3 heteroatoms. The van der Waals surface area contributed by atoms with Crippen molar-refractivity contribution in [1.82, 2.24) is 9.78 Å². The van der Waals surface area contributed by atoms with Crippen LogP contribution in [-0.2, 0) is 26.3 Å². The summed E-state index contributed by atoms with van der Waals surface area (Å²) in [6.45, 7) is 0. The number of aliphatic hydroxyl groups is 1. The van der Waals surface area contributed by atoms with E-state index in [1.54, 1.807) is 4.68 Å². The van der Waals surface area contributed by atoms with Crippen molar-refractivity contribution in [2.75, 3.05) is 0 Å². The number of aliphatic hydroxyl groups excluding tert-OH is 1. The van der Waals surface area contributed by atoms with E-state index in [0.717, 1.165) is 18.5 Å². The Balaban J connectivity index is 1.67. The van der Waals surface area contributed by atoms with Crippen LogP contribution in [0.1, 0.15) is 16.8 Å². The lowest BCUT2D eigenvalue weighted by Crippen LogP contribution is -2.23. The number of rotatable bonds is 3. The maximum atomic E-state index is 10.3. The summed E-state index contributed by atoms with van der Waals surface area (Å²) in [6.07, 6.45) is 4.26. The molecule has 94 valence electrons. The van der Waals surface area contributed by atoms with Crippen LogP contribution in [0.3, 0.4) is 0 Å². The molecule has 1 atom stereocenters. The van der Waals surface area contributed by atoms with Crippen LogP contribution in [0.5, 0.6) is 0 Å². The zero-order chi connectivity index (χ0) is 12.5. The lowest BCUT2D eigenvalue weighted by atomic mass is 9.95. The monoisotopic (exact) mass is 242 g/mol. The predicted octanol–water partition coefficient (Wildman–Crippen LogP) is 1.74. The van der Waals surface area contributed by atoms with Crippen LogP contribution in [-0.4, -0.2) is 21.0 Å². The van der Waals surface area contributed by atoms with Crippen molar-refractivity contribution in [2.24, 2.45) is 13.0 Å². The molecule has 1 unspecified atom stereocenters. The van der Waals surface area contributed by atoms with Gasteiger partial charge in [0, 0.05) is 19.7 Å². The summed E-state index contributed by atoms with van der Waals surface area (Å²) in [4.78, 5) is 0. The lowest BCUT2D eigenvalue weighted by Gasteiger charge is -2.16. The molecule has 0 fully saturated rings. The molecule has 1 aromatic heterocycles. The third-order valence-electron chi connectivity index (χ3n) is 3.81. The number of aryl methyl sites for hydroxylation is 1. The number of fused-ring (bicyclic) bond motifs is 1. The van der Waals surface area contributed by atoms with Gasteiger partial charge in [0.15, 0.2) is 0 Å². The van der Waals surface area contributed by atoms with Gasteiger partial charge in [-0.05, 0) is 36.0 Å². The third-order valence-corrected chi connectivity index (χ3v) is 3.81. The summed E-state index contributed by atoms with van der Waals surface area (Å²) in [5.41, 5.74) is 3.76. The summed E-state index contributed by atoms with van der Waals surface area (Å²) >= 11 is 0. The van der Waals surface area contributed by atoms with Crippen LogP contribution in [0.4, 0.5) is 0 Å². The van der Waals surface area contributed by atoms with Crippen LogP contribution in [0.2, 0.25) is 0 Å². The minimum Gasteiger partial charge on any atom is -0.392 e. The van der Waals surface area contributed by atoms with Crippen molar-refractivity contribution in [3.05, 3.63) is 53.3 Å². The molecule has 0 aliphatic heterocycles. The SMILES string of the molecule is Cn1ccc(CC(O)C2Cc3ccccc3C2)n1. The fourth-order valence-electron chi connectivity index (χ4n) is 2.82. The van der Waals surface area contributed by atoms with Gasteiger partial charge in [-0.2, -0.15) is 5.10 Å². The second-order valence-corrected chi connectivity index (χ2v) is 5.19. The van der Waals surface area contributed by atoms with Crippen molar-refractivity contribution >= 4 is 0 Å². The Bertz CT molecular complexity index is 522. The largest absolute Gasteiger partial charge is 0.392 e. The minimum absolute atomic E-state index is 0.299. The van der Waals surface area contributed by atoms with E-state index in [4.69, 9.17) is 0 Å². The normalized spacial score (nSPS) is 16.8. The molecule has 3 nitrogen and oxygen atoms in total. The van der Waals surface area contributed by atoms with Gasteiger partial charge in [-0.15, -0.1) is 0 Å². The van der Waals surface area contributed by atoms with Gasteiger partial charge in [0.05, 0.1) is 11.8 Å². The van der Waals surface area contributed by atoms with Crippen LogP contribution in [0, 0.1) is 5.92 Å². The second kappa shape index (κ2) is 4.58. The van der Waals surface area contributed by atoms with Gasteiger partial charge in [-0.3, -0.25) is 4.68 Å². The molecule has 0 amide bonds. The van der Waals surface area contributed by atoms with Crippen molar-refractivity contribution in [3.8, 4) is 0 Å². The first-order valence-corrected chi connectivity index (χ1v) is 6.46. The fourth-order valence-corrected chi connectivity index (χ4v) is 2.82. The van der Waals surface area contributed by atoms with Gasteiger partial charge in [-0.25, -0.2) is 0 Å². The number of nitrogens with zero attached hydrogens (tertiary/aromatic N) is 2. The van der Waals surface area contributed by atoms with Gasteiger partial charge < -0.3 is 5.11 Å². The van der Waals surface area contributed by atoms with Gasteiger partial charge in [0.2, 0.25) is 0 Å².